The summed E-state index contributed by atoms with van der Waals surface area (Å²) in [6.07, 6.45) is 6.15. The molecule has 0 N–H and O–H groups in total. The molecule has 478 valence electrons. The van der Waals surface area contributed by atoms with Gasteiger partial charge >= 0.3 is 0 Å². The summed E-state index contributed by atoms with van der Waals surface area (Å²) < 4.78 is 0. The van der Waals surface area contributed by atoms with Crippen molar-refractivity contribution in [3.05, 3.63) is 372 Å². The Morgan fingerprint density at radius 3 is 0.845 bits per heavy atom. The lowest BCUT2D eigenvalue weighted by Gasteiger charge is -2.39. The van der Waals surface area contributed by atoms with Crippen molar-refractivity contribution in [1.82, 2.24) is 0 Å². The molecule has 0 unspecified atom stereocenters. The Kier molecular flexibility index (Phi) is 19.2. The molecule has 0 bridgehead atoms. The Balaban J connectivity index is 0.000000173. The van der Waals surface area contributed by atoms with Crippen LogP contribution in [0.15, 0.2) is 328 Å². The predicted octanol–water partition coefficient (Wildman–Crippen LogP) is 27.0. The highest BCUT2D eigenvalue weighted by Crippen LogP contribution is 2.49. The molecule has 0 saturated heterocycles. The van der Waals surface area contributed by atoms with Crippen LogP contribution in [-0.4, -0.2) is 0 Å². The molecule has 97 heavy (non-hydrogen) atoms. The fourth-order valence-electron chi connectivity index (χ4n) is 14.4. The summed E-state index contributed by atoms with van der Waals surface area (Å²) in [5, 5.41) is 4.92. The third-order valence-electron chi connectivity index (χ3n) is 19.5. The summed E-state index contributed by atoms with van der Waals surface area (Å²) in [6.45, 7) is 13.0. The third kappa shape index (κ3) is 13.6. The lowest BCUT2D eigenvalue weighted by molar-refractivity contribution is 0.346. The zero-order chi connectivity index (χ0) is 65.5. The summed E-state index contributed by atoms with van der Waals surface area (Å²) in [4.78, 5) is 9.49. The fourth-order valence-corrected chi connectivity index (χ4v) is 14.4. The van der Waals surface area contributed by atoms with Gasteiger partial charge in [-0.15, -0.1) is 0 Å². The average molecular weight is 1260 g/mol. The van der Waals surface area contributed by atoms with Crippen LogP contribution in [0.1, 0.15) is 84.0 Å². The van der Waals surface area contributed by atoms with E-state index in [-0.39, 0.29) is 12.8 Å². The maximum absolute atomic E-state index is 2.40. The topological polar surface area (TPSA) is 13.0 Å². The van der Waals surface area contributed by atoms with Gasteiger partial charge in [0.2, 0.25) is 0 Å². The van der Waals surface area contributed by atoms with E-state index in [4.69, 9.17) is 0 Å². The molecule has 14 aromatic carbocycles. The molecule has 1 fully saturated rings. The lowest BCUT2D eigenvalue weighted by atomic mass is 9.65. The van der Waals surface area contributed by atoms with E-state index in [9.17, 15) is 0 Å². The minimum Gasteiger partial charge on any atom is -0.311 e. The first-order valence-electron chi connectivity index (χ1n) is 34.0. The summed E-state index contributed by atoms with van der Waals surface area (Å²) >= 11 is 0. The number of para-hydroxylation sites is 2. The number of fused-ring (bicyclic) bond motifs is 2. The minimum absolute atomic E-state index is 0. The SMILES string of the molecule is C.Cc1cc(N(c2ccccc2)c2cccc3ccccc23)ccc1-c1ccc(N(c2ccccc2)c2cccc3ccccc23)cc1C.Cc1ccc(N(c2ccc(C)cc2)c2ccc(C3(c4ccc(N(c5ccc(C)cc5)c5ccc(C)cc5)cc4)CCCCC3)cc2)cc1. The Bertz CT molecular complexity index is 4530. The second-order valence-corrected chi connectivity index (χ2v) is 26.1. The quantitative estimate of drug-likeness (QED) is 0.101. The first kappa shape index (κ1) is 64.5. The van der Waals surface area contributed by atoms with E-state index < -0.39 is 0 Å². The molecule has 1 aliphatic rings. The zero-order valence-electron chi connectivity index (χ0n) is 56.0. The monoisotopic (exact) mass is 1260 g/mol. The van der Waals surface area contributed by atoms with Crippen molar-refractivity contribution in [1.29, 1.82) is 0 Å². The average Bonchev–Trinajstić information content (AvgIpc) is 0.770. The normalized spacial score (nSPS) is 12.4. The van der Waals surface area contributed by atoms with Crippen molar-refractivity contribution >= 4 is 89.8 Å². The second kappa shape index (κ2) is 28.8. The number of anilines is 12. The molecular weight excluding hydrogens is 1170 g/mol. The van der Waals surface area contributed by atoms with Gasteiger partial charge < -0.3 is 19.6 Å². The van der Waals surface area contributed by atoms with Crippen LogP contribution in [0.3, 0.4) is 0 Å². The predicted molar refractivity (Wildman–Crippen MR) is 418 cm³/mol. The van der Waals surface area contributed by atoms with Gasteiger partial charge in [0.1, 0.15) is 0 Å². The van der Waals surface area contributed by atoms with Gasteiger partial charge in [0.05, 0.1) is 11.4 Å². The van der Waals surface area contributed by atoms with Crippen molar-refractivity contribution in [2.75, 3.05) is 19.6 Å². The lowest BCUT2D eigenvalue weighted by Crippen LogP contribution is -2.30. The molecular formula is C93H86N4. The van der Waals surface area contributed by atoms with Gasteiger partial charge in [-0.05, 0) is 232 Å². The van der Waals surface area contributed by atoms with Crippen LogP contribution in [0.2, 0.25) is 0 Å². The summed E-state index contributed by atoms with van der Waals surface area (Å²) in [5.74, 6) is 0. The van der Waals surface area contributed by atoms with Crippen LogP contribution < -0.4 is 19.6 Å². The molecule has 0 aromatic heterocycles. The molecule has 0 heterocycles. The Hall–Kier alpha value is -11.2. The van der Waals surface area contributed by atoms with Gasteiger partial charge in [0.25, 0.3) is 0 Å². The Labute approximate surface area is 575 Å². The summed E-state index contributed by atoms with van der Waals surface area (Å²) in [5.41, 5.74) is 26.8. The van der Waals surface area contributed by atoms with Crippen molar-refractivity contribution < 1.29 is 0 Å². The van der Waals surface area contributed by atoms with Crippen molar-refractivity contribution in [3.63, 3.8) is 0 Å². The van der Waals surface area contributed by atoms with Gasteiger partial charge in [-0.1, -0.05) is 243 Å². The molecule has 0 amide bonds. The van der Waals surface area contributed by atoms with Crippen LogP contribution >= 0.6 is 0 Å². The van der Waals surface area contributed by atoms with Gasteiger partial charge in [-0.3, -0.25) is 0 Å². The van der Waals surface area contributed by atoms with Crippen LogP contribution in [0.4, 0.5) is 68.2 Å². The molecule has 14 aromatic rings. The maximum atomic E-state index is 2.40. The van der Waals surface area contributed by atoms with Crippen molar-refractivity contribution in [2.45, 2.75) is 86.5 Å². The molecule has 4 nitrogen and oxygen atoms in total. The van der Waals surface area contributed by atoms with E-state index in [2.05, 4.69) is 389 Å². The number of nitrogens with zero attached hydrogens (tertiary/aromatic N) is 4. The third-order valence-corrected chi connectivity index (χ3v) is 19.5. The first-order valence-corrected chi connectivity index (χ1v) is 34.0. The second-order valence-electron chi connectivity index (χ2n) is 26.1. The highest BCUT2D eigenvalue weighted by Gasteiger charge is 2.36. The Morgan fingerprint density at radius 2 is 0.515 bits per heavy atom. The summed E-state index contributed by atoms with van der Waals surface area (Å²) in [6, 6.07) is 120. The van der Waals surface area contributed by atoms with E-state index in [1.807, 2.05) is 0 Å². The number of aryl methyl sites for hydroxylation is 6. The van der Waals surface area contributed by atoms with Gasteiger partial charge in [-0.2, -0.15) is 0 Å². The highest BCUT2D eigenvalue weighted by molar-refractivity contribution is 6.01. The molecule has 4 heteroatoms. The summed E-state index contributed by atoms with van der Waals surface area (Å²) in [7, 11) is 0. The largest absolute Gasteiger partial charge is 0.311 e. The van der Waals surface area contributed by atoms with E-state index in [1.54, 1.807) is 0 Å². The van der Waals surface area contributed by atoms with Crippen LogP contribution in [0, 0.1) is 41.5 Å². The number of benzene rings is 14. The van der Waals surface area contributed by atoms with E-state index in [0.717, 1.165) is 22.7 Å². The van der Waals surface area contributed by atoms with E-state index in [0.29, 0.717) is 0 Å². The molecule has 1 saturated carbocycles. The first-order chi connectivity index (χ1) is 47.0. The molecule has 0 atom stereocenters. The maximum Gasteiger partial charge on any atom is 0.0540 e. The number of rotatable bonds is 15. The minimum atomic E-state index is 0. The molecule has 1 aliphatic carbocycles. The highest BCUT2D eigenvalue weighted by atomic mass is 15.2. The van der Waals surface area contributed by atoms with Gasteiger partial charge in [-0.25, -0.2) is 0 Å². The van der Waals surface area contributed by atoms with Crippen molar-refractivity contribution in [2.24, 2.45) is 0 Å². The zero-order valence-corrected chi connectivity index (χ0v) is 56.0. The van der Waals surface area contributed by atoms with Crippen LogP contribution in [0.25, 0.3) is 32.7 Å². The molecule has 15 rings (SSSR count). The van der Waals surface area contributed by atoms with Crippen molar-refractivity contribution in [3.8, 4) is 11.1 Å². The van der Waals surface area contributed by atoms with Crippen LogP contribution in [0.5, 0.6) is 0 Å². The smallest absolute Gasteiger partial charge is 0.0540 e. The molecule has 0 radical (unpaired) electrons. The molecule has 0 spiro atoms. The van der Waals surface area contributed by atoms with Gasteiger partial charge in [0.15, 0.2) is 0 Å². The van der Waals surface area contributed by atoms with E-state index in [1.165, 1.54) is 155 Å². The number of hydrogen-bond donors (Lipinski definition) is 0. The number of hydrogen-bond acceptors (Lipinski definition) is 4. The van der Waals surface area contributed by atoms with E-state index >= 15 is 0 Å². The Morgan fingerprint density at radius 1 is 0.237 bits per heavy atom. The molecule has 0 aliphatic heterocycles. The van der Waals surface area contributed by atoms with Gasteiger partial charge in [0, 0.05) is 73.1 Å². The van der Waals surface area contributed by atoms with Crippen LogP contribution in [-0.2, 0) is 5.41 Å². The standard InChI is InChI=1S/C46H36N2.C46H46N2.CH4/c1-33-31-39(47(37-19-5-3-6-20-37)45-25-13-17-35-15-9-11-23-43(35)45)27-29-41(33)42-30-28-40(32-34(42)2)48(38-21-7-4-8-22-38)46-26-14-18-36-16-10-12-24-44(36)46;1-34-8-20-40(21-9-34)47(41-22-10-35(2)11-23-41)44-28-16-38(17-29-44)46(32-6-5-7-33-46)39-18-30-45(31-19-39)48(42-24-12-36(3)13-25-42)43-26-14-37(4)15-27-43;/h3-32H,1-2H3;8-31H,5-7,32-33H2,1-4H3;1H4. The fraction of sp³-hybridized carbons (Fsp3) is 0.140.